The zero-order valence-electron chi connectivity index (χ0n) is 7.06. The van der Waals surface area contributed by atoms with E-state index in [-0.39, 0.29) is 0 Å². The Morgan fingerprint density at radius 2 is 2.07 bits per heavy atom. The average Bonchev–Trinajstić information content (AvgIpc) is 2.62. The number of nitrogens with two attached hydrogens (primary N) is 1. The Labute approximate surface area is 90.0 Å². The monoisotopic (exact) mass is 231 g/mol. The van der Waals surface area contributed by atoms with Crippen LogP contribution in [0.5, 0.6) is 0 Å². The molecule has 0 aliphatic rings. The van der Waals surface area contributed by atoms with Gasteiger partial charge >= 0.3 is 0 Å². The fraction of sp³-hybridized carbons (Fsp3) is 0.143. The SMILES string of the molecule is Nc1nn(Cn2cc(Cl)cn2)cc1Cl. The van der Waals surface area contributed by atoms with E-state index >= 15 is 0 Å². The number of aromatic nitrogens is 4. The Kier molecular flexibility index (Phi) is 2.35. The van der Waals surface area contributed by atoms with Crippen molar-refractivity contribution < 1.29 is 0 Å². The number of hydrogen-bond acceptors (Lipinski definition) is 3. The molecule has 0 spiro atoms. The molecule has 0 amide bonds. The molecular weight excluding hydrogens is 225 g/mol. The van der Waals surface area contributed by atoms with Crippen LogP contribution in [0, 0.1) is 0 Å². The van der Waals surface area contributed by atoms with Crippen LogP contribution in [0.3, 0.4) is 0 Å². The second-order valence-corrected chi connectivity index (χ2v) is 3.58. The lowest BCUT2D eigenvalue weighted by atomic mass is 10.7. The van der Waals surface area contributed by atoms with Gasteiger partial charge in [-0.3, -0.25) is 0 Å². The number of anilines is 1. The van der Waals surface area contributed by atoms with Gasteiger partial charge in [-0.05, 0) is 0 Å². The molecular formula is C7H7Cl2N5. The summed E-state index contributed by atoms with van der Waals surface area (Å²) in [7, 11) is 0. The van der Waals surface area contributed by atoms with E-state index in [1.54, 1.807) is 28.0 Å². The molecule has 7 heteroatoms. The first-order valence-electron chi connectivity index (χ1n) is 3.81. The average molecular weight is 232 g/mol. The van der Waals surface area contributed by atoms with Crippen LogP contribution >= 0.6 is 23.2 Å². The normalized spacial score (nSPS) is 10.7. The molecule has 2 rings (SSSR count). The minimum absolute atomic E-state index is 0.310. The molecule has 0 aliphatic heterocycles. The first kappa shape index (κ1) is 9.36. The van der Waals surface area contributed by atoms with Crippen LogP contribution < -0.4 is 5.73 Å². The van der Waals surface area contributed by atoms with Crippen molar-refractivity contribution in [3.05, 3.63) is 28.6 Å². The van der Waals surface area contributed by atoms with Gasteiger partial charge in [-0.2, -0.15) is 10.2 Å². The van der Waals surface area contributed by atoms with Crippen LogP contribution in [0.15, 0.2) is 18.6 Å². The highest BCUT2D eigenvalue weighted by molar-refractivity contribution is 6.32. The summed E-state index contributed by atoms with van der Waals surface area (Å²) in [6, 6.07) is 0. The van der Waals surface area contributed by atoms with E-state index in [9.17, 15) is 0 Å². The van der Waals surface area contributed by atoms with Crippen molar-refractivity contribution >= 4 is 29.0 Å². The van der Waals surface area contributed by atoms with Crippen LogP contribution in [0.1, 0.15) is 0 Å². The molecule has 74 valence electrons. The van der Waals surface area contributed by atoms with E-state index in [2.05, 4.69) is 10.2 Å². The molecule has 2 heterocycles. The van der Waals surface area contributed by atoms with Gasteiger partial charge < -0.3 is 5.73 Å². The molecule has 0 saturated carbocycles. The Morgan fingerprint density at radius 3 is 2.57 bits per heavy atom. The Morgan fingerprint density at radius 1 is 1.29 bits per heavy atom. The van der Waals surface area contributed by atoms with Crippen molar-refractivity contribution in [1.29, 1.82) is 0 Å². The van der Waals surface area contributed by atoms with Gasteiger partial charge in [0.15, 0.2) is 5.82 Å². The minimum Gasteiger partial charge on any atom is -0.381 e. The highest BCUT2D eigenvalue weighted by Crippen LogP contribution is 2.15. The second kappa shape index (κ2) is 3.51. The van der Waals surface area contributed by atoms with E-state index in [1.807, 2.05) is 0 Å². The highest BCUT2D eigenvalue weighted by atomic mass is 35.5. The van der Waals surface area contributed by atoms with Crippen molar-refractivity contribution in [2.24, 2.45) is 0 Å². The lowest BCUT2D eigenvalue weighted by Crippen LogP contribution is -2.09. The zero-order valence-corrected chi connectivity index (χ0v) is 8.57. The number of nitrogen functional groups attached to an aromatic ring is 1. The third kappa shape index (κ3) is 1.83. The standard InChI is InChI=1S/C7H7Cl2N5/c8-5-1-11-13(2-5)4-14-3-6(9)7(10)12-14/h1-3H,4H2,(H2,10,12). The van der Waals surface area contributed by atoms with Gasteiger partial charge in [0.25, 0.3) is 0 Å². The lowest BCUT2D eigenvalue weighted by molar-refractivity contribution is 0.504. The Balaban J connectivity index is 2.18. The molecule has 5 nitrogen and oxygen atoms in total. The Bertz CT molecular complexity index is 427. The summed E-state index contributed by atoms with van der Waals surface area (Å²) >= 11 is 11.4. The maximum absolute atomic E-state index is 5.74. The molecule has 0 atom stereocenters. The van der Waals surface area contributed by atoms with Crippen LogP contribution in [-0.4, -0.2) is 19.6 Å². The van der Waals surface area contributed by atoms with Crippen molar-refractivity contribution in [3.8, 4) is 0 Å². The van der Waals surface area contributed by atoms with Gasteiger partial charge in [0.2, 0.25) is 0 Å². The summed E-state index contributed by atoms with van der Waals surface area (Å²) in [5.41, 5.74) is 5.48. The summed E-state index contributed by atoms with van der Waals surface area (Å²) in [5, 5.41) is 8.98. The summed E-state index contributed by atoms with van der Waals surface area (Å²) in [6.07, 6.45) is 4.87. The summed E-state index contributed by atoms with van der Waals surface area (Å²) in [6.45, 7) is 0.434. The molecule has 2 aromatic heterocycles. The zero-order chi connectivity index (χ0) is 10.1. The summed E-state index contributed by atoms with van der Waals surface area (Å²) in [5.74, 6) is 0.310. The first-order chi connectivity index (χ1) is 6.65. The van der Waals surface area contributed by atoms with E-state index < -0.39 is 0 Å². The molecule has 0 unspecified atom stereocenters. The number of halogens is 2. The predicted octanol–water partition coefficient (Wildman–Crippen LogP) is 1.47. The maximum atomic E-state index is 5.74. The molecule has 14 heavy (non-hydrogen) atoms. The summed E-state index contributed by atoms with van der Waals surface area (Å²) < 4.78 is 3.21. The van der Waals surface area contributed by atoms with Crippen LogP contribution in [0.4, 0.5) is 5.82 Å². The number of rotatable bonds is 2. The number of nitrogens with zero attached hydrogens (tertiary/aromatic N) is 4. The maximum Gasteiger partial charge on any atom is 0.164 e. The van der Waals surface area contributed by atoms with Crippen molar-refractivity contribution in [1.82, 2.24) is 19.6 Å². The molecule has 2 N–H and O–H groups in total. The molecule has 0 radical (unpaired) electrons. The van der Waals surface area contributed by atoms with Gasteiger partial charge in [-0.25, -0.2) is 9.36 Å². The minimum atomic E-state index is 0.310. The molecule has 0 saturated heterocycles. The van der Waals surface area contributed by atoms with E-state index in [4.69, 9.17) is 28.9 Å². The third-order valence-electron chi connectivity index (χ3n) is 1.63. The van der Waals surface area contributed by atoms with Crippen LogP contribution in [-0.2, 0) is 6.67 Å². The van der Waals surface area contributed by atoms with Gasteiger partial charge in [-0.15, -0.1) is 0 Å². The third-order valence-corrected chi connectivity index (χ3v) is 2.12. The lowest BCUT2D eigenvalue weighted by Gasteiger charge is -1.99. The molecule has 0 aliphatic carbocycles. The van der Waals surface area contributed by atoms with Gasteiger partial charge in [-0.1, -0.05) is 23.2 Å². The van der Waals surface area contributed by atoms with Crippen molar-refractivity contribution in [3.63, 3.8) is 0 Å². The molecule has 2 aromatic rings. The topological polar surface area (TPSA) is 61.7 Å². The van der Waals surface area contributed by atoms with E-state index in [1.165, 1.54) is 0 Å². The van der Waals surface area contributed by atoms with Gasteiger partial charge in [0.1, 0.15) is 11.7 Å². The Hall–Kier alpha value is -1.20. The fourth-order valence-electron chi connectivity index (χ4n) is 1.05. The molecule has 0 bridgehead atoms. The highest BCUT2D eigenvalue weighted by Gasteiger charge is 2.03. The number of hydrogen-bond donors (Lipinski definition) is 1. The quantitative estimate of drug-likeness (QED) is 0.852. The molecule has 0 fully saturated rings. The van der Waals surface area contributed by atoms with Crippen LogP contribution in [0.2, 0.25) is 10.0 Å². The summed E-state index contributed by atoms with van der Waals surface area (Å²) in [4.78, 5) is 0. The fourth-order valence-corrected chi connectivity index (χ4v) is 1.36. The second-order valence-electron chi connectivity index (χ2n) is 2.74. The first-order valence-corrected chi connectivity index (χ1v) is 4.57. The van der Waals surface area contributed by atoms with Crippen LogP contribution in [0.25, 0.3) is 0 Å². The largest absolute Gasteiger partial charge is 0.381 e. The molecule has 0 aromatic carbocycles. The van der Waals surface area contributed by atoms with E-state index in [0.717, 1.165) is 0 Å². The predicted molar refractivity (Wildman–Crippen MR) is 54.3 cm³/mol. The van der Waals surface area contributed by atoms with Crippen molar-refractivity contribution in [2.45, 2.75) is 6.67 Å². The van der Waals surface area contributed by atoms with Gasteiger partial charge in [0, 0.05) is 12.4 Å². The van der Waals surface area contributed by atoms with Gasteiger partial charge in [0.05, 0.1) is 11.2 Å². The smallest absolute Gasteiger partial charge is 0.164 e. The van der Waals surface area contributed by atoms with E-state index in [0.29, 0.717) is 22.5 Å². The van der Waals surface area contributed by atoms with Crippen molar-refractivity contribution in [2.75, 3.05) is 5.73 Å².